The van der Waals surface area contributed by atoms with Crippen LogP contribution in [0.5, 0.6) is 0 Å². The predicted molar refractivity (Wildman–Crippen MR) is 404 cm³/mol. The lowest BCUT2D eigenvalue weighted by atomic mass is 10.0. The van der Waals surface area contributed by atoms with E-state index in [1.807, 2.05) is 0 Å². The molecule has 0 aliphatic heterocycles. The van der Waals surface area contributed by atoms with Gasteiger partial charge in [0, 0.05) is 19.4 Å². The summed E-state index contributed by atoms with van der Waals surface area (Å²) in [5.41, 5.74) is 5.42. The van der Waals surface area contributed by atoms with Crippen LogP contribution in [0.2, 0.25) is 0 Å². The van der Waals surface area contributed by atoms with Crippen LogP contribution in [0.15, 0.2) is 48.6 Å². The van der Waals surface area contributed by atoms with Gasteiger partial charge in [0.25, 0.3) is 0 Å². The smallest absolute Gasteiger partial charge is 0.462 e. The Kier molecular flexibility index (Phi) is 77.2. The summed E-state index contributed by atoms with van der Waals surface area (Å²) in [5, 5.41) is 0. The zero-order valence-electron chi connectivity index (χ0n) is 62.0. The van der Waals surface area contributed by atoms with Crippen LogP contribution in [0.25, 0.3) is 0 Å². The molecule has 93 heavy (non-hydrogen) atoms. The number of carbonyl (C=O) groups is 2. The molecular weight excluding hydrogens is 1170 g/mol. The third-order valence-electron chi connectivity index (χ3n) is 18.7. The third kappa shape index (κ3) is 78.8. The number of allylic oxidation sites excluding steroid dienone is 8. The van der Waals surface area contributed by atoms with Gasteiger partial charge in [0.1, 0.15) is 6.61 Å². The van der Waals surface area contributed by atoms with Crippen LogP contribution in [0, 0.1) is 0 Å². The minimum Gasteiger partial charge on any atom is -0.462 e. The van der Waals surface area contributed by atoms with E-state index in [0.29, 0.717) is 6.42 Å². The molecule has 9 nitrogen and oxygen atoms in total. The molecule has 0 rings (SSSR count). The fourth-order valence-corrected chi connectivity index (χ4v) is 13.4. The Hall–Kier alpha value is -2.03. The van der Waals surface area contributed by atoms with Crippen molar-refractivity contribution in [3.05, 3.63) is 48.6 Å². The SMILES string of the molecule is CCCCCCC/C=C\C/C=C\C/C=C\CCCCCCCCCCCCCCCCCCC(=O)OC(COC(=O)CCCCCCCCCCCCCCCCCCCCCCCCCCCCCCC/C=C\CCCCCCCCCC)COP(=O)(O)OCCN. The maximum atomic E-state index is 12.8. The monoisotopic (exact) mass is 1330 g/mol. The highest BCUT2D eigenvalue weighted by atomic mass is 31.2. The number of phosphoric acid groups is 1. The van der Waals surface area contributed by atoms with Gasteiger partial charge < -0.3 is 20.1 Å². The maximum absolute atomic E-state index is 12.8. The van der Waals surface area contributed by atoms with Crippen molar-refractivity contribution in [2.45, 2.75) is 444 Å². The van der Waals surface area contributed by atoms with Gasteiger partial charge in [-0.3, -0.25) is 18.6 Å². The number of unbranched alkanes of at least 4 members (excludes halogenated alkanes) is 58. The minimum absolute atomic E-state index is 0.0554. The molecular formula is C83H158NO8P. The second-order valence-corrected chi connectivity index (χ2v) is 29.4. The fraction of sp³-hybridized carbons (Fsp3) is 0.880. The lowest BCUT2D eigenvalue weighted by molar-refractivity contribution is -0.161. The normalized spacial score (nSPS) is 13.0. The van der Waals surface area contributed by atoms with Crippen LogP contribution in [0.4, 0.5) is 0 Å². The summed E-state index contributed by atoms with van der Waals surface area (Å²) in [6.07, 6.45) is 103. The van der Waals surface area contributed by atoms with E-state index >= 15 is 0 Å². The standard InChI is InChI=1S/C83H158NO8P/c1-3-5-7-9-11-13-15-17-19-21-23-25-27-29-31-33-35-36-37-38-39-40-41-42-43-44-46-47-49-51-53-55-57-59-61-63-65-67-69-71-73-75-82(85)89-79-81(80-91-93(87,88)90-78-77-84)92-83(86)76-74-72-70-68-66-64-62-60-58-56-54-52-50-48-45-34-32-30-28-26-24-22-20-18-16-14-12-10-8-6-4-2/h16,18,21-24,28,30,81H,3-15,17,19-20,25-27,29,31-80,84H2,1-2H3,(H,87,88)/b18-16-,23-21-,24-22-,30-28-. The molecule has 2 unspecified atom stereocenters. The van der Waals surface area contributed by atoms with Crippen molar-refractivity contribution >= 4 is 19.8 Å². The summed E-state index contributed by atoms with van der Waals surface area (Å²) in [6, 6.07) is 0. The lowest BCUT2D eigenvalue weighted by Crippen LogP contribution is -2.29. The van der Waals surface area contributed by atoms with Crippen LogP contribution in [0.1, 0.15) is 438 Å². The van der Waals surface area contributed by atoms with Gasteiger partial charge in [-0.15, -0.1) is 0 Å². The van der Waals surface area contributed by atoms with Gasteiger partial charge in [-0.1, -0.05) is 396 Å². The average Bonchev–Trinajstić information content (AvgIpc) is 3.70. The fourth-order valence-electron chi connectivity index (χ4n) is 12.6. The molecule has 0 aromatic carbocycles. The Bertz CT molecular complexity index is 1670. The van der Waals surface area contributed by atoms with Crippen LogP contribution in [0.3, 0.4) is 0 Å². The molecule has 0 aromatic rings. The molecule has 2 atom stereocenters. The largest absolute Gasteiger partial charge is 0.472 e. The Morgan fingerprint density at radius 1 is 0.323 bits per heavy atom. The topological polar surface area (TPSA) is 134 Å². The number of esters is 2. The van der Waals surface area contributed by atoms with Gasteiger partial charge in [0.05, 0.1) is 13.2 Å². The number of ether oxygens (including phenoxy) is 2. The number of nitrogens with two attached hydrogens (primary N) is 1. The molecule has 10 heteroatoms. The van der Waals surface area contributed by atoms with E-state index in [1.165, 1.54) is 360 Å². The summed E-state index contributed by atoms with van der Waals surface area (Å²) in [4.78, 5) is 35.5. The highest BCUT2D eigenvalue weighted by molar-refractivity contribution is 7.47. The molecule has 0 saturated carbocycles. The van der Waals surface area contributed by atoms with E-state index in [2.05, 4.69) is 62.5 Å². The molecule has 0 bridgehead atoms. The van der Waals surface area contributed by atoms with Crippen molar-refractivity contribution in [1.29, 1.82) is 0 Å². The second-order valence-electron chi connectivity index (χ2n) is 28.0. The number of rotatable bonds is 79. The molecule has 0 saturated heterocycles. The molecule has 548 valence electrons. The molecule has 0 aromatic heterocycles. The van der Waals surface area contributed by atoms with Crippen molar-refractivity contribution in [2.75, 3.05) is 26.4 Å². The van der Waals surface area contributed by atoms with Crippen molar-refractivity contribution in [1.82, 2.24) is 0 Å². The van der Waals surface area contributed by atoms with Gasteiger partial charge >= 0.3 is 19.8 Å². The molecule has 0 spiro atoms. The first kappa shape index (κ1) is 91.0. The molecule has 0 aliphatic rings. The minimum atomic E-state index is -4.40. The Labute approximate surface area is 578 Å². The van der Waals surface area contributed by atoms with Crippen LogP contribution >= 0.6 is 7.82 Å². The maximum Gasteiger partial charge on any atom is 0.472 e. The van der Waals surface area contributed by atoms with Gasteiger partial charge in [0.2, 0.25) is 0 Å². The highest BCUT2D eigenvalue weighted by Crippen LogP contribution is 2.43. The molecule has 3 N–H and O–H groups in total. The van der Waals surface area contributed by atoms with E-state index in [0.717, 1.165) is 44.9 Å². The summed E-state index contributed by atoms with van der Waals surface area (Å²) >= 11 is 0. The Morgan fingerprint density at radius 2 is 0.559 bits per heavy atom. The predicted octanol–water partition coefficient (Wildman–Crippen LogP) is 27.5. The van der Waals surface area contributed by atoms with Crippen molar-refractivity contribution < 1.29 is 37.6 Å². The first-order chi connectivity index (χ1) is 45.8. The zero-order valence-corrected chi connectivity index (χ0v) is 62.9. The summed E-state index contributed by atoms with van der Waals surface area (Å²) < 4.78 is 33.3. The summed E-state index contributed by atoms with van der Waals surface area (Å²) in [5.74, 6) is -0.804. The van der Waals surface area contributed by atoms with E-state index in [-0.39, 0.29) is 38.6 Å². The van der Waals surface area contributed by atoms with Gasteiger partial charge in [-0.25, -0.2) is 4.57 Å². The van der Waals surface area contributed by atoms with Crippen LogP contribution in [-0.2, 0) is 32.7 Å². The van der Waals surface area contributed by atoms with Crippen LogP contribution < -0.4 is 5.73 Å². The zero-order chi connectivity index (χ0) is 67.2. The molecule has 0 amide bonds. The number of hydrogen-bond acceptors (Lipinski definition) is 8. The number of carbonyl (C=O) groups excluding carboxylic acids is 2. The van der Waals surface area contributed by atoms with E-state index in [4.69, 9.17) is 24.3 Å². The summed E-state index contributed by atoms with van der Waals surface area (Å²) in [7, 11) is -4.40. The molecule has 0 radical (unpaired) electrons. The quantitative estimate of drug-likeness (QED) is 0.0264. The third-order valence-corrected chi connectivity index (χ3v) is 19.7. The van der Waals surface area contributed by atoms with Crippen molar-refractivity contribution in [3.8, 4) is 0 Å². The number of hydrogen-bond donors (Lipinski definition) is 2. The average molecular weight is 1330 g/mol. The molecule has 0 heterocycles. The Morgan fingerprint density at radius 3 is 0.839 bits per heavy atom. The van der Waals surface area contributed by atoms with Gasteiger partial charge in [-0.2, -0.15) is 0 Å². The second kappa shape index (κ2) is 79.0. The van der Waals surface area contributed by atoms with E-state index < -0.39 is 26.5 Å². The van der Waals surface area contributed by atoms with Gasteiger partial charge in [0.15, 0.2) is 6.10 Å². The summed E-state index contributed by atoms with van der Waals surface area (Å²) in [6.45, 7) is 3.81. The van der Waals surface area contributed by atoms with Crippen LogP contribution in [-0.4, -0.2) is 49.3 Å². The van der Waals surface area contributed by atoms with E-state index in [9.17, 15) is 19.0 Å². The molecule has 0 fully saturated rings. The Balaban J connectivity index is 3.73. The molecule has 0 aliphatic carbocycles. The van der Waals surface area contributed by atoms with Gasteiger partial charge in [-0.05, 0) is 77.0 Å². The first-order valence-electron chi connectivity index (χ1n) is 41.1. The number of phosphoric ester groups is 1. The van der Waals surface area contributed by atoms with Crippen molar-refractivity contribution in [3.63, 3.8) is 0 Å². The van der Waals surface area contributed by atoms with E-state index in [1.54, 1.807) is 0 Å². The lowest BCUT2D eigenvalue weighted by Gasteiger charge is -2.19. The highest BCUT2D eigenvalue weighted by Gasteiger charge is 2.26. The first-order valence-corrected chi connectivity index (χ1v) is 42.6. The van der Waals surface area contributed by atoms with Crippen molar-refractivity contribution in [2.24, 2.45) is 5.73 Å².